The summed E-state index contributed by atoms with van der Waals surface area (Å²) in [5, 5.41) is 11.5. The van der Waals surface area contributed by atoms with Crippen molar-refractivity contribution in [1.29, 1.82) is 0 Å². The van der Waals surface area contributed by atoms with Crippen LogP contribution >= 0.6 is 0 Å². The van der Waals surface area contributed by atoms with Crippen LogP contribution in [0.5, 0.6) is 0 Å². The molecule has 1 unspecified atom stereocenters. The summed E-state index contributed by atoms with van der Waals surface area (Å²) in [6.45, 7) is 5.77. The zero-order valence-corrected chi connectivity index (χ0v) is 11.5. The number of amides is 2. The molecule has 6 heteroatoms. The number of ether oxygens (including phenoxy) is 1. The third-order valence-electron chi connectivity index (χ3n) is 2.90. The number of carbonyl (C=O) groups excluding carboxylic acids is 1. The van der Waals surface area contributed by atoms with Crippen LogP contribution in [0.1, 0.15) is 26.7 Å². The lowest BCUT2D eigenvalue weighted by Gasteiger charge is -2.27. The van der Waals surface area contributed by atoms with Crippen molar-refractivity contribution in [2.24, 2.45) is 0 Å². The van der Waals surface area contributed by atoms with Crippen molar-refractivity contribution in [2.45, 2.75) is 32.8 Å². The molecule has 6 nitrogen and oxygen atoms in total. The standard InChI is InChI=1S/C13H22N2O4/c1-3-19-11(7-12(16)17)8-14-13(18)15-6-4-5-10(2)9-15/h5,11H,3-4,6-9H2,1-2H3,(H,14,18)(H,16,17). The second-order valence-corrected chi connectivity index (χ2v) is 4.62. The van der Waals surface area contributed by atoms with E-state index in [1.165, 1.54) is 5.57 Å². The van der Waals surface area contributed by atoms with Crippen LogP contribution in [-0.2, 0) is 9.53 Å². The first-order valence-corrected chi connectivity index (χ1v) is 6.54. The maximum absolute atomic E-state index is 11.9. The van der Waals surface area contributed by atoms with Crippen LogP contribution in [-0.4, -0.2) is 54.4 Å². The molecule has 1 aliphatic rings. The first kappa shape index (κ1) is 15.5. The van der Waals surface area contributed by atoms with E-state index >= 15 is 0 Å². The van der Waals surface area contributed by atoms with Gasteiger partial charge in [-0.2, -0.15) is 0 Å². The molecule has 0 aromatic heterocycles. The van der Waals surface area contributed by atoms with Gasteiger partial charge in [-0.3, -0.25) is 4.79 Å². The fraction of sp³-hybridized carbons (Fsp3) is 0.692. The maximum atomic E-state index is 11.9. The average Bonchev–Trinajstić information content (AvgIpc) is 2.35. The predicted molar refractivity (Wildman–Crippen MR) is 71.0 cm³/mol. The van der Waals surface area contributed by atoms with E-state index in [0.29, 0.717) is 19.7 Å². The number of nitrogens with zero attached hydrogens (tertiary/aromatic N) is 1. The van der Waals surface area contributed by atoms with Crippen molar-refractivity contribution in [3.8, 4) is 0 Å². The maximum Gasteiger partial charge on any atom is 0.317 e. The first-order chi connectivity index (χ1) is 9.02. The summed E-state index contributed by atoms with van der Waals surface area (Å²) in [6.07, 6.45) is 2.40. The van der Waals surface area contributed by atoms with Crippen molar-refractivity contribution >= 4 is 12.0 Å². The molecule has 0 saturated carbocycles. The van der Waals surface area contributed by atoms with Gasteiger partial charge in [0.25, 0.3) is 0 Å². The summed E-state index contributed by atoms with van der Waals surface area (Å²) in [5.74, 6) is -0.926. The number of hydrogen-bond donors (Lipinski definition) is 2. The summed E-state index contributed by atoms with van der Waals surface area (Å²) in [6, 6.07) is -0.164. The second-order valence-electron chi connectivity index (χ2n) is 4.62. The van der Waals surface area contributed by atoms with Gasteiger partial charge in [0.1, 0.15) is 0 Å². The van der Waals surface area contributed by atoms with E-state index in [-0.39, 0.29) is 19.0 Å². The van der Waals surface area contributed by atoms with Crippen molar-refractivity contribution in [2.75, 3.05) is 26.2 Å². The molecule has 1 aliphatic heterocycles. The highest BCUT2D eigenvalue weighted by molar-refractivity contribution is 5.75. The third-order valence-corrected chi connectivity index (χ3v) is 2.90. The van der Waals surface area contributed by atoms with Gasteiger partial charge in [-0.1, -0.05) is 11.6 Å². The molecule has 0 aromatic rings. The lowest BCUT2D eigenvalue weighted by atomic mass is 10.1. The smallest absolute Gasteiger partial charge is 0.317 e. The van der Waals surface area contributed by atoms with Crippen LogP contribution in [0.3, 0.4) is 0 Å². The van der Waals surface area contributed by atoms with Crippen molar-refractivity contribution in [3.05, 3.63) is 11.6 Å². The van der Waals surface area contributed by atoms with Crippen molar-refractivity contribution in [1.82, 2.24) is 10.2 Å². The molecule has 2 amide bonds. The summed E-state index contributed by atoms with van der Waals surface area (Å²) in [4.78, 5) is 24.3. The number of rotatable bonds is 6. The Morgan fingerprint density at radius 1 is 1.58 bits per heavy atom. The van der Waals surface area contributed by atoms with Crippen molar-refractivity contribution < 1.29 is 19.4 Å². The summed E-state index contributed by atoms with van der Waals surface area (Å²) >= 11 is 0. The van der Waals surface area contributed by atoms with Gasteiger partial charge in [-0.15, -0.1) is 0 Å². The van der Waals surface area contributed by atoms with Crippen LogP contribution in [0.15, 0.2) is 11.6 Å². The average molecular weight is 270 g/mol. The third kappa shape index (κ3) is 5.74. The fourth-order valence-electron chi connectivity index (χ4n) is 2.02. The van der Waals surface area contributed by atoms with Gasteiger partial charge in [0.15, 0.2) is 0 Å². The van der Waals surface area contributed by atoms with E-state index in [0.717, 1.165) is 6.42 Å². The van der Waals surface area contributed by atoms with E-state index < -0.39 is 12.1 Å². The zero-order chi connectivity index (χ0) is 14.3. The van der Waals surface area contributed by atoms with E-state index in [2.05, 4.69) is 11.4 Å². The Balaban J connectivity index is 2.38. The molecule has 1 rings (SSSR count). The Bertz CT molecular complexity index is 355. The Hall–Kier alpha value is -1.56. The minimum atomic E-state index is -0.926. The van der Waals surface area contributed by atoms with Gasteiger partial charge >= 0.3 is 12.0 Å². The van der Waals surface area contributed by atoms with Gasteiger partial charge in [0.05, 0.1) is 12.5 Å². The summed E-state index contributed by atoms with van der Waals surface area (Å²) in [7, 11) is 0. The summed E-state index contributed by atoms with van der Waals surface area (Å²) in [5.41, 5.74) is 1.17. The lowest BCUT2D eigenvalue weighted by molar-refractivity contribution is -0.140. The number of urea groups is 1. The minimum absolute atomic E-state index is 0.104. The zero-order valence-electron chi connectivity index (χ0n) is 11.5. The van der Waals surface area contributed by atoms with E-state index in [1.54, 1.807) is 11.8 Å². The Kier molecular flexibility index (Phi) is 6.35. The topological polar surface area (TPSA) is 78.9 Å². The Labute approximate surface area is 113 Å². The molecule has 19 heavy (non-hydrogen) atoms. The second kappa shape index (κ2) is 7.78. The lowest BCUT2D eigenvalue weighted by Crippen LogP contribution is -2.45. The molecule has 108 valence electrons. The number of hydrogen-bond acceptors (Lipinski definition) is 3. The van der Waals surface area contributed by atoms with E-state index in [4.69, 9.17) is 9.84 Å². The van der Waals surface area contributed by atoms with Gasteiger partial charge in [-0.25, -0.2) is 4.79 Å². The Morgan fingerprint density at radius 2 is 2.32 bits per heavy atom. The molecule has 0 saturated heterocycles. The monoisotopic (exact) mass is 270 g/mol. The number of carboxylic acid groups (broad SMARTS) is 1. The van der Waals surface area contributed by atoms with Crippen LogP contribution in [0.2, 0.25) is 0 Å². The van der Waals surface area contributed by atoms with Crippen LogP contribution in [0, 0.1) is 0 Å². The first-order valence-electron chi connectivity index (χ1n) is 6.54. The molecular formula is C13H22N2O4. The molecular weight excluding hydrogens is 248 g/mol. The normalized spacial score (nSPS) is 16.7. The number of nitrogens with one attached hydrogen (secondary N) is 1. The van der Waals surface area contributed by atoms with Crippen LogP contribution in [0.25, 0.3) is 0 Å². The molecule has 0 fully saturated rings. The molecule has 0 aliphatic carbocycles. The predicted octanol–water partition coefficient (Wildman–Crippen LogP) is 1.23. The highest BCUT2D eigenvalue weighted by Crippen LogP contribution is 2.08. The summed E-state index contributed by atoms with van der Waals surface area (Å²) < 4.78 is 5.29. The number of carbonyl (C=O) groups is 2. The van der Waals surface area contributed by atoms with Gasteiger partial charge < -0.3 is 20.1 Å². The van der Waals surface area contributed by atoms with Crippen LogP contribution in [0.4, 0.5) is 4.79 Å². The molecule has 0 aromatic carbocycles. The SMILES string of the molecule is CCOC(CNC(=O)N1CCC=C(C)C1)CC(=O)O. The Morgan fingerprint density at radius 3 is 2.89 bits per heavy atom. The van der Waals surface area contributed by atoms with Gasteiger partial charge in [0.2, 0.25) is 0 Å². The molecule has 0 bridgehead atoms. The highest BCUT2D eigenvalue weighted by atomic mass is 16.5. The fourth-order valence-corrected chi connectivity index (χ4v) is 2.02. The highest BCUT2D eigenvalue weighted by Gasteiger charge is 2.19. The molecule has 0 spiro atoms. The quantitative estimate of drug-likeness (QED) is 0.711. The molecule has 1 atom stereocenters. The van der Waals surface area contributed by atoms with Gasteiger partial charge in [-0.05, 0) is 20.3 Å². The van der Waals surface area contributed by atoms with E-state index in [1.807, 2.05) is 6.92 Å². The molecule has 1 heterocycles. The molecule has 0 radical (unpaired) electrons. The van der Waals surface area contributed by atoms with Crippen molar-refractivity contribution in [3.63, 3.8) is 0 Å². The largest absolute Gasteiger partial charge is 0.481 e. The minimum Gasteiger partial charge on any atom is -0.481 e. The van der Waals surface area contributed by atoms with Gasteiger partial charge in [0, 0.05) is 26.2 Å². The van der Waals surface area contributed by atoms with E-state index in [9.17, 15) is 9.59 Å². The number of carboxylic acids is 1. The number of aliphatic carboxylic acids is 1. The molecule has 2 N–H and O–H groups in total. The van der Waals surface area contributed by atoms with Crippen LogP contribution < -0.4 is 5.32 Å².